The molecule has 0 saturated heterocycles. The quantitative estimate of drug-likeness (QED) is 0.772. The van der Waals surface area contributed by atoms with Crippen LogP contribution in [0.4, 0.5) is 11.9 Å². The Kier molecular flexibility index (Phi) is 5.36. The summed E-state index contributed by atoms with van der Waals surface area (Å²) in [4.78, 5) is 12.6. The van der Waals surface area contributed by atoms with Crippen molar-refractivity contribution in [3.8, 4) is 6.01 Å². The molecule has 0 aliphatic carbocycles. The van der Waals surface area contributed by atoms with Crippen LogP contribution >= 0.6 is 0 Å². The first-order valence-electron chi connectivity index (χ1n) is 7.06. The van der Waals surface area contributed by atoms with Crippen molar-refractivity contribution in [2.45, 2.75) is 32.7 Å². The number of aromatic nitrogens is 3. The minimum absolute atomic E-state index is 0.205. The lowest BCUT2D eigenvalue weighted by molar-refractivity contribution is 0.312. The van der Waals surface area contributed by atoms with Crippen LogP contribution in [0.1, 0.15) is 26.0 Å². The van der Waals surface area contributed by atoms with Crippen LogP contribution in [0.2, 0.25) is 0 Å². The lowest BCUT2D eigenvalue weighted by atomic mass is 10.1. The van der Waals surface area contributed by atoms with Crippen LogP contribution in [-0.4, -0.2) is 34.6 Å². The van der Waals surface area contributed by atoms with Crippen LogP contribution in [0.3, 0.4) is 0 Å². The van der Waals surface area contributed by atoms with Crippen LogP contribution in [0, 0.1) is 0 Å². The predicted octanol–water partition coefficient (Wildman–Crippen LogP) is 2.34. The van der Waals surface area contributed by atoms with Crippen molar-refractivity contribution in [1.82, 2.24) is 15.0 Å². The van der Waals surface area contributed by atoms with Crippen molar-refractivity contribution in [3.05, 3.63) is 24.2 Å². The van der Waals surface area contributed by atoms with Gasteiger partial charge >= 0.3 is 6.01 Å². The van der Waals surface area contributed by atoms with Gasteiger partial charge in [0.2, 0.25) is 11.9 Å². The molecular formula is C14H21N5O2. The van der Waals surface area contributed by atoms with E-state index in [0.29, 0.717) is 24.5 Å². The van der Waals surface area contributed by atoms with Crippen molar-refractivity contribution < 1.29 is 9.15 Å². The summed E-state index contributed by atoms with van der Waals surface area (Å²) in [6.07, 6.45) is 3.47. The largest absolute Gasteiger partial charge is 0.469 e. The Bertz CT molecular complexity index is 544. The van der Waals surface area contributed by atoms with Gasteiger partial charge in [-0.15, -0.1) is 0 Å². The number of anilines is 2. The minimum Gasteiger partial charge on any atom is -0.469 e. The summed E-state index contributed by atoms with van der Waals surface area (Å²) in [5.74, 6) is 1.96. The average Bonchev–Trinajstić information content (AvgIpc) is 2.98. The second-order valence-corrected chi connectivity index (χ2v) is 4.61. The molecule has 0 aliphatic rings. The zero-order valence-corrected chi connectivity index (χ0v) is 12.6. The van der Waals surface area contributed by atoms with Crippen molar-refractivity contribution in [2.75, 3.05) is 24.3 Å². The van der Waals surface area contributed by atoms with Crippen LogP contribution in [0.25, 0.3) is 0 Å². The van der Waals surface area contributed by atoms with Gasteiger partial charge < -0.3 is 19.8 Å². The molecule has 7 nitrogen and oxygen atoms in total. The predicted molar refractivity (Wildman–Crippen MR) is 80.7 cm³/mol. The first-order chi connectivity index (χ1) is 10.2. The SMILES string of the molecule is CCOc1nc(NC)nc(NC(C)CCc2ccco2)n1. The van der Waals surface area contributed by atoms with Crippen molar-refractivity contribution in [1.29, 1.82) is 0 Å². The van der Waals surface area contributed by atoms with E-state index in [9.17, 15) is 0 Å². The Morgan fingerprint density at radius 1 is 1.29 bits per heavy atom. The molecule has 0 aromatic carbocycles. The van der Waals surface area contributed by atoms with E-state index in [2.05, 4.69) is 32.5 Å². The van der Waals surface area contributed by atoms with Gasteiger partial charge in [-0.25, -0.2) is 0 Å². The first-order valence-corrected chi connectivity index (χ1v) is 7.06. The molecule has 0 amide bonds. The van der Waals surface area contributed by atoms with Gasteiger partial charge in [0.25, 0.3) is 0 Å². The summed E-state index contributed by atoms with van der Waals surface area (Å²) in [6, 6.07) is 4.39. The fraction of sp³-hybridized carbons (Fsp3) is 0.500. The molecule has 0 fully saturated rings. The lowest BCUT2D eigenvalue weighted by Gasteiger charge is -2.14. The molecule has 2 heterocycles. The molecule has 2 N–H and O–H groups in total. The van der Waals surface area contributed by atoms with Gasteiger partial charge in [0.05, 0.1) is 12.9 Å². The van der Waals surface area contributed by atoms with E-state index in [1.807, 2.05) is 19.1 Å². The monoisotopic (exact) mass is 291 g/mol. The third kappa shape index (κ3) is 4.62. The number of hydrogen-bond acceptors (Lipinski definition) is 7. The van der Waals surface area contributed by atoms with E-state index in [4.69, 9.17) is 9.15 Å². The number of aryl methyl sites for hydroxylation is 1. The third-order valence-corrected chi connectivity index (χ3v) is 2.89. The summed E-state index contributed by atoms with van der Waals surface area (Å²) >= 11 is 0. The highest BCUT2D eigenvalue weighted by molar-refractivity contribution is 5.35. The molecule has 2 aromatic heterocycles. The Hall–Kier alpha value is -2.31. The number of nitrogens with one attached hydrogen (secondary N) is 2. The van der Waals surface area contributed by atoms with Gasteiger partial charge in [-0.2, -0.15) is 15.0 Å². The molecule has 0 aliphatic heterocycles. The highest BCUT2D eigenvalue weighted by Gasteiger charge is 2.10. The number of furan rings is 1. The number of nitrogens with zero attached hydrogens (tertiary/aromatic N) is 3. The maximum atomic E-state index is 5.33. The highest BCUT2D eigenvalue weighted by Crippen LogP contribution is 2.13. The summed E-state index contributed by atoms with van der Waals surface area (Å²) in [7, 11) is 1.76. The van der Waals surface area contributed by atoms with Crippen LogP contribution in [0.15, 0.2) is 22.8 Å². The second-order valence-electron chi connectivity index (χ2n) is 4.61. The second kappa shape index (κ2) is 7.47. The first kappa shape index (κ1) is 15.1. The Balaban J connectivity index is 1.95. The molecule has 7 heteroatoms. The summed E-state index contributed by atoms with van der Waals surface area (Å²) in [5, 5.41) is 6.15. The Morgan fingerprint density at radius 3 is 2.76 bits per heavy atom. The van der Waals surface area contributed by atoms with E-state index < -0.39 is 0 Å². The zero-order chi connectivity index (χ0) is 15.1. The van der Waals surface area contributed by atoms with Gasteiger partial charge in [0, 0.05) is 19.5 Å². The smallest absolute Gasteiger partial charge is 0.323 e. The number of rotatable bonds is 8. The molecular weight excluding hydrogens is 270 g/mol. The molecule has 114 valence electrons. The van der Waals surface area contributed by atoms with E-state index in [1.165, 1.54) is 0 Å². The molecule has 0 bridgehead atoms. The standard InChI is InChI=1S/C14H21N5O2/c1-4-20-14-18-12(15-3)17-13(19-14)16-10(2)7-8-11-6-5-9-21-11/h5-6,9-10H,4,7-8H2,1-3H3,(H2,15,16,17,18,19). The maximum absolute atomic E-state index is 5.33. The zero-order valence-electron chi connectivity index (χ0n) is 12.6. The molecule has 2 aromatic rings. The van der Waals surface area contributed by atoms with E-state index in [1.54, 1.807) is 13.3 Å². The molecule has 1 unspecified atom stereocenters. The van der Waals surface area contributed by atoms with Gasteiger partial charge in [0.1, 0.15) is 5.76 Å². The summed E-state index contributed by atoms with van der Waals surface area (Å²) in [6.45, 7) is 4.48. The van der Waals surface area contributed by atoms with Gasteiger partial charge in [-0.1, -0.05) is 0 Å². The fourth-order valence-corrected chi connectivity index (χ4v) is 1.83. The fourth-order valence-electron chi connectivity index (χ4n) is 1.83. The van der Waals surface area contributed by atoms with E-state index in [-0.39, 0.29) is 6.04 Å². The lowest BCUT2D eigenvalue weighted by Crippen LogP contribution is -2.19. The highest BCUT2D eigenvalue weighted by atomic mass is 16.5. The Labute approximate surface area is 124 Å². The Morgan fingerprint density at radius 2 is 2.10 bits per heavy atom. The van der Waals surface area contributed by atoms with Crippen LogP contribution < -0.4 is 15.4 Å². The molecule has 0 saturated carbocycles. The minimum atomic E-state index is 0.205. The average molecular weight is 291 g/mol. The van der Waals surface area contributed by atoms with Crippen molar-refractivity contribution >= 4 is 11.9 Å². The van der Waals surface area contributed by atoms with Crippen molar-refractivity contribution in [2.24, 2.45) is 0 Å². The topological polar surface area (TPSA) is 85.1 Å². The van der Waals surface area contributed by atoms with Gasteiger partial charge in [0.15, 0.2) is 0 Å². The normalized spacial score (nSPS) is 12.0. The van der Waals surface area contributed by atoms with E-state index >= 15 is 0 Å². The summed E-state index contributed by atoms with van der Waals surface area (Å²) < 4.78 is 10.7. The molecule has 0 spiro atoms. The summed E-state index contributed by atoms with van der Waals surface area (Å²) in [5.41, 5.74) is 0. The molecule has 2 rings (SSSR count). The number of hydrogen-bond donors (Lipinski definition) is 2. The number of ether oxygens (including phenoxy) is 1. The van der Waals surface area contributed by atoms with Gasteiger partial charge in [-0.3, -0.25) is 0 Å². The van der Waals surface area contributed by atoms with E-state index in [0.717, 1.165) is 18.6 Å². The molecule has 0 radical (unpaired) electrons. The maximum Gasteiger partial charge on any atom is 0.323 e. The van der Waals surface area contributed by atoms with Crippen molar-refractivity contribution in [3.63, 3.8) is 0 Å². The van der Waals surface area contributed by atoms with Gasteiger partial charge in [-0.05, 0) is 32.4 Å². The molecule has 1 atom stereocenters. The van der Waals surface area contributed by atoms with Crippen LogP contribution in [-0.2, 0) is 6.42 Å². The third-order valence-electron chi connectivity index (χ3n) is 2.89. The molecule has 21 heavy (non-hydrogen) atoms. The van der Waals surface area contributed by atoms with Crippen LogP contribution in [0.5, 0.6) is 6.01 Å².